The molecule has 4 nitrogen and oxygen atoms in total. The zero-order valence-electron chi connectivity index (χ0n) is 8.23. The van der Waals surface area contributed by atoms with Crippen LogP contribution in [0.5, 0.6) is 11.5 Å². The molecule has 1 aromatic carbocycles. The molecule has 4 heteroatoms. The van der Waals surface area contributed by atoms with E-state index in [9.17, 15) is 0 Å². The van der Waals surface area contributed by atoms with Crippen molar-refractivity contribution in [2.24, 2.45) is 5.90 Å². The first kappa shape index (κ1) is 10.8. The second-order valence-corrected chi connectivity index (χ2v) is 2.62. The minimum absolute atomic E-state index is 0.382. The fourth-order valence-electron chi connectivity index (χ4n) is 1.01. The summed E-state index contributed by atoms with van der Waals surface area (Å²) in [4.78, 5) is 4.38. The molecule has 0 radical (unpaired) electrons. The van der Waals surface area contributed by atoms with Crippen LogP contribution in [0.1, 0.15) is 6.92 Å². The van der Waals surface area contributed by atoms with E-state index in [4.69, 9.17) is 15.4 Å². The summed E-state index contributed by atoms with van der Waals surface area (Å²) in [5.74, 6) is 6.48. The normalized spacial score (nSPS) is 9.86. The Hall–Kier alpha value is -1.26. The van der Waals surface area contributed by atoms with Crippen LogP contribution in [0.3, 0.4) is 0 Å². The van der Waals surface area contributed by atoms with Crippen molar-refractivity contribution in [2.75, 3.05) is 19.8 Å². The molecule has 0 bridgehead atoms. The van der Waals surface area contributed by atoms with Crippen molar-refractivity contribution < 1.29 is 14.3 Å². The van der Waals surface area contributed by atoms with Crippen LogP contribution < -0.4 is 15.4 Å². The van der Waals surface area contributed by atoms with Gasteiger partial charge in [0.05, 0.1) is 6.61 Å². The van der Waals surface area contributed by atoms with Gasteiger partial charge in [0.2, 0.25) is 0 Å². The van der Waals surface area contributed by atoms with E-state index in [2.05, 4.69) is 4.84 Å². The van der Waals surface area contributed by atoms with Crippen molar-refractivity contribution >= 4 is 0 Å². The fourth-order valence-corrected chi connectivity index (χ4v) is 1.01. The highest BCUT2D eigenvalue weighted by Crippen LogP contribution is 2.17. The quantitative estimate of drug-likeness (QED) is 0.552. The summed E-state index contributed by atoms with van der Waals surface area (Å²) in [6.45, 7) is 3.45. The predicted octanol–water partition coefficient (Wildman–Crippen LogP) is 1.35. The SMILES string of the molecule is CCOc1ccc(OCCON)cc1. The number of ether oxygens (including phenoxy) is 2. The Labute approximate surface area is 83.5 Å². The fraction of sp³-hybridized carbons (Fsp3) is 0.400. The first-order valence-corrected chi connectivity index (χ1v) is 4.54. The highest BCUT2D eigenvalue weighted by atomic mass is 16.6. The highest BCUT2D eigenvalue weighted by Gasteiger charge is 1.94. The van der Waals surface area contributed by atoms with Gasteiger partial charge in [0.15, 0.2) is 0 Å². The van der Waals surface area contributed by atoms with Crippen molar-refractivity contribution in [1.29, 1.82) is 0 Å². The lowest BCUT2D eigenvalue weighted by Crippen LogP contribution is -2.09. The van der Waals surface area contributed by atoms with Crippen LogP contribution in [0.15, 0.2) is 24.3 Å². The molecule has 0 fully saturated rings. The lowest BCUT2D eigenvalue weighted by Gasteiger charge is -2.06. The van der Waals surface area contributed by atoms with Crippen LogP contribution in [-0.2, 0) is 4.84 Å². The number of hydrogen-bond donors (Lipinski definition) is 1. The van der Waals surface area contributed by atoms with E-state index in [-0.39, 0.29) is 0 Å². The Kier molecular flexibility index (Phi) is 4.82. The standard InChI is InChI=1S/C10H15NO3/c1-2-12-9-3-5-10(6-4-9)13-7-8-14-11/h3-6H,2,7-8,11H2,1H3. The Morgan fingerprint density at radius 2 is 1.57 bits per heavy atom. The molecule has 0 aliphatic heterocycles. The maximum atomic E-state index is 5.32. The van der Waals surface area contributed by atoms with Gasteiger partial charge in [0.1, 0.15) is 24.7 Å². The average Bonchev–Trinajstić information content (AvgIpc) is 2.21. The molecular formula is C10H15NO3. The summed E-state index contributed by atoms with van der Waals surface area (Å²) in [5, 5.41) is 0. The summed E-state index contributed by atoms with van der Waals surface area (Å²) in [7, 11) is 0. The summed E-state index contributed by atoms with van der Waals surface area (Å²) in [6.07, 6.45) is 0. The zero-order valence-corrected chi connectivity index (χ0v) is 8.23. The van der Waals surface area contributed by atoms with Crippen LogP contribution in [0, 0.1) is 0 Å². The number of hydrogen-bond acceptors (Lipinski definition) is 4. The average molecular weight is 197 g/mol. The summed E-state index contributed by atoms with van der Waals surface area (Å²) in [6, 6.07) is 7.42. The summed E-state index contributed by atoms with van der Waals surface area (Å²) >= 11 is 0. The second-order valence-electron chi connectivity index (χ2n) is 2.62. The maximum Gasteiger partial charge on any atom is 0.119 e. The van der Waals surface area contributed by atoms with E-state index in [1.807, 2.05) is 31.2 Å². The second kappa shape index (κ2) is 6.23. The van der Waals surface area contributed by atoms with Crippen LogP contribution in [-0.4, -0.2) is 19.8 Å². The molecule has 1 aromatic rings. The Morgan fingerprint density at radius 3 is 2.07 bits per heavy atom. The van der Waals surface area contributed by atoms with Crippen molar-refractivity contribution in [3.8, 4) is 11.5 Å². The lowest BCUT2D eigenvalue weighted by molar-refractivity contribution is 0.102. The Bertz CT molecular complexity index is 248. The molecule has 0 unspecified atom stereocenters. The Morgan fingerprint density at radius 1 is 1.00 bits per heavy atom. The maximum absolute atomic E-state index is 5.32. The molecule has 0 aliphatic carbocycles. The molecule has 0 heterocycles. The number of benzene rings is 1. The number of nitrogens with two attached hydrogens (primary N) is 1. The van der Waals surface area contributed by atoms with E-state index in [1.165, 1.54) is 0 Å². The van der Waals surface area contributed by atoms with E-state index in [0.29, 0.717) is 19.8 Å². The van der Waals surface area contributed by atoms with E-state index >= 15 is 0 Å². The van der Waals surface area contributed by atoms with Gasteiger partial charge >= 0.3 is 0 Å². The van der Waals surface area contributed by atoms with Crippen molar-refractivity contribution in [3.63, 3.8) is 0 Å². The minimum atomic E-state index is 0.382. The van der Waals surface area contributed by atoms with Gasteiger partial charge in [-0.25, -0.2) is 5.90 Å². The molecular weight excluding hydrogens is 182 g/mol. The third kappa shape index (κ3) is 3.64. The molecule has 1 rings (SSSR count). The topological polar surface area (TPSA) is 53.7 Å². The van der Waals surface area contributed by atoms with Gasteiger partial charge < -0.3 is 14.3 Å². The minimum Gasteiger partial charge on any atom is -0.494 e. The van der Waals surface area contributed by atoms with E-state index < -0.39 is 0 Å². The summed E-state index contributed by atoms with van der Waals surface area (Å²) in [5.41, 5.74) is 0. The molecule has 0 aliphatic rings. The molecule has 0 amide bonds. The van der Waals surface area contributed by atoms with E-state index in [0.717, 1.165) is 11.5 Å². The van der Waals surface area contributed by atoms with Crippen molar-refractivity contribution in [3.05, 3.63) is 24.3 Å². The largest absolute Gasteiger partial charge is 0.494 e. The zero-order chi connectivity index (χ0) is 10.2. The monoisotopic (exact) mass is 197 g/mol. The van der Waals surface area contributed by atoms with Gasteiger partial charge in [-0.2, -0.15) is 0 Å². The molecule has 78 valence electrons. The van der Waals surface area contributed by atoms with Crippen LogP contribution in [0.25, 0.3) is 0 Å². The van der Waals surface area contributed by atoms with Gasteiger partial charge in [-0.15, -0.1) is 0 Å². The van der Waals surface area contributed by atoms with Gasteiger partial charge in [0.25, 0.3) is 0 Å². The van der Waals surface area contributed by atoms with Gasteiger partial charge in [0, 0.05) is 0 Å². The molecule has 2 N–H and O–H groups in total. The third-order valence-electron chi connectivity index (χ3n) is 1.60. The molecule has 0 atom stereocenters. The van der Waals surface area contributed by atoms with Crippen LogP contribution in [0.4, 0.5) is 0 Å². The van der Waals surface area contributed by atoms with Crippen LogP contribution >= 0.6 is 0 Å². The van der Waals surface area contributed by atoms with Crippen molar-refractivity contribution in [2.45, 2.75) is 6.92 Å². The van der Waals surface area contributed by atoms with E-state index in [1.54, 1.807) is 0 Å². The first-order valence-electron chi connectivity index (χ1n) is 4.54. The van der Waals surface area contributed by atoms with Crippen LogP contribution in [0.2, 0.25) is 0 Å². The Balaban J connectivity index is 2.38. The third-order valence-corrected chi connectivity index (χ3v) is 1.60. The highest BCUT2D eigenvalue weighted by molar-refractivity contribution is 5.31. The molecule has 0 saturated carbocycles. The molecule has 0 aromatic heterocycles. The predicted molar refractivity (Wildman–Crippen MR) is 53.2 cm³/mol. The lowest BCUT2D eigenvalue weighted by atomic mass is 10.3. The van der Waals surface area contributed by atoms with Crippen molar-refractivity contribution in [1.82, 2.24) is 0 Å². The van der Waals surface area contributed by atoms with Gasteiger partial charge in [-0.3, -0.25) is 0 Å². The first-order chi connectivity index (χ1) is 6.86. The molecule has 0 spiro atoms. The van der Waals surface area contributed by atoms with Gasteiger partial charge in [-0.05, 0) is 31.2 Å². The van der Waals surface area contributed by atoms with Gasteiger partial charge in [-0.1, -0.05) is 0 Å². The molecule has 14 heavy (non-hydrogen) atoms. The molecule has 0 saturated heterocycles. The smallest absolute Gasteiger partial charge is 0.119 e. The number of rotatable bonds is 6. The summed E-state index contributed by atoms with van der Waals surface area (Å²) < 4.78 is 10.6.